The first-order chi connectivity index (χ1) is 16.6. The van der Waals surface area contributed by atoms with Gasteiger partial charge in [-0.3, -0.25) is 4.98 Å². The summed E-state index contributed by atoms with van der Waals surface area (Å²) in [7, 11) is 1.36. The smallest absolute Gasteiger partial charge is 0.337 e. The normalized spacial score (nSPS) is 17.5. The average molecular weight is 473 g/mol. The Balaban J connectivity index is 1.61. The van der Waals surface area contributed by atoms with E-state index in [-0.39, 0.29) is 23.9 Å². The Hall–Kier alpha value is -4.04. The Morgan fingerprint density at radius 3 is 2.41 bits per heavy atom. The van der Waals surface area contributed by atoms with E-state index in [1.807, 2.05) is 58.1 Å². The molecule has 1 N–H and O–H groups in total. The molecule has 2 aromatic heterocycles. The third kappa shape index (κ3) is 3.92. The van der Waals surface area contributed by atoms with Crippen molar-refractivity contribution in [1.82, 2.24) is 14.9 Å². The fraction of sp³-hybridized carbons (Fsp3) is 0.115. The predicted molar refractivity (Wildman–Crippen MR) is 131 cm³/mol. The maximum absolute atomic E-state index is 13.7. The van der Waals surface area contributed by atoms with Crippen molar-refractivity contribution < 1.29 is 13.9 Å². The Morgan fingerprint density at radius 2 is 1.74 bits per heavy atom. The molecule has 0 aliphatic carbocycles. The minimum absolute atomic E-state index is 0.234. The largest absolute Gasteiger partial charge is 0.465 e. The number of nitrogens with zero attached hydrogens (tertiary/aromatic N) is 3. The van der Waals surface area contributed by atoms with Crippen molar-refractivity contribution >= 4 is 29.0 Å². The zero-order valence-electron chi connectivity index (χ0n) is 18.3. The summed E-state index contributed by atoms with van der Waals surface area (Å²) in [6.07, 6.45) is 3.71. The molecule has 0 bridgehead atoms. The van der Waals surface area contributed by atoms with E-state index in [0.717, 1.165) is 22.8 Å². The Labute approximate surface area is 201 Å². The Bertz CT molecular complexity index is 1320. The molecule has 34 heavy (non-hydrogen) atoms. The lowest BCUT2D eigenvalue weighted by atomic mass is 10.0. The van der Waals surface area contributed by atoms with E-state index >= 15 is 0 Å². The number of rotatable bonds is 5. The summed E-state index contributed by atoms with van der Waals surface area (Å²) >= 11 is 5.74. The number of ether oxygens (including phenoxy) is 1. The van der Waals surface area contributed by atoms with Gasteiger partial charge in [0.2, 0.25) is 0 Å². The number of halogens is 1. The molecule has 5 rings (SSSR count). The lowest BCUT2D eigenvalue weighted by Gasteiger charge is -2.29. The van der Waals surface area contributed by atoms with E-state index in [9.17, 15) is 9.18 Å². The third-order valence-corrected chi connectivity index (χ3v) is 6.17. The summed E-state index contributed by atoms with van der Waals surface area (Å²) < 4.78 is 20.5. The van der Waals surface area contributed by atoms with Crippen molar-refractivity contribution in [2.75, 3.05) is 12.0 Å². The molecular weight excluding hydrogens is 451 g/mol. The van der Waals surface area contributed by atoms with Gasteiger partial charge < -0.3 is 19.5 Å². The van der Waals surface area contributed by atoms with Crippen LogP contribution in [0.3, 0.4) is 0 Å². The summed E-state index contributed by atoms with van der Waals surface area (Å²) in [6.45, 7) is 0. The van der Waals surface area contributed by atoms with Crippen LogP contribution < -0.4 is 10.2 Å². The molecule has 0 amide bonds. The number of hydrogen-bond donors (Lipinski definition) is 1. The van der Waals surface area contributed by atoms with Crippen LogP contribution in [0.15, 0.2) is 91.3 Å². The maximum atomic E-state index is 13.7. The second kappa shape index (κ2) is 9.07. The first kappa shape index (κ1) is 21.8. The van der Waals surface area contributed by atoms with Crippen molar-refractivity contribution in [2.24, 2.45) is 0 Å². The lowest BCUT2D eigenvalue weighted by molar-refractivity contribution is 0.0600. The Kier molecular flexibility index (Phi) is 5.81. The maximum Gasteiger partial charge on any atom is 0.337 e. The van der Waals surface area contributed by atoms with E-state index in [4.69, 9.17) is 17.0 Å². The zero-order chi connectivity index (χ0) is 23.7. The number of carbonyl (C=O) groups is 1. The third-order valence-electron chi connectivity index (χ3n) is 5.85. The molecule has 3 heterocycles. The van der Waals surface area contributed by atoms with E-state index in [0.29, 0.717) is 10.7 Å². The predicted octanol–water partition coefficient (Wildman–Crippen LogP) is 4.98. The first-order valence-corrected chi connectivity index (χ1v) is 11.1. The van der Waals surface area contributed by atoms with Gasteiger partial charge in [-0.2, -0.15) is 0 Å². The van der Waals surface area contributed by atoms with Crippen LogP contribution in [0.5, 0.6) is 0 Å². The van der Waals surface area contributed by atoms with Crippen molar-refractivity contribution in [1.29, 1.82) is 0 Å². The number of carbonyl (C=O) groups excluding carboxylic acids is 1. The molecule has 1 aliphatic rings. The summed E-state index contributed by atoms with van der Waals surface area (Å²) in [5, 5.41) is 3.94. The second-order valence-corrected chi connectivity index (χ2v) is 8.20. The molecule has 1 fully saturated rings. The number of anilines is 1. The molecule has 0 saturated carbocycles. The highest BCUT2D eigenvalue weighted by Gasteiger charge is 2.42. The standard InChI is InChI=1S/C26H21FN4O2S/c1-33-25(32)17-7-11-19(12-8-17)30-16-4-6-22(30)24-23(21-5-2-3-15-28-21)29-26(34)31(24)20-13-9-18(27)10-14-20/h2-16,23-24H,1H3,(H,29,34)/t23-,24-/m1/s1. The van der Waals surface area contributed by atoms with Crippen LogP contribution in [-0.2, 0) is 4.74 Å². The van der Waals surface area contributed by atoms with Crippen LogP contribution >= 0.6 is 12.2 Å². The molecule has 2 atom stereocenters. The van der Waals surface area contributed by atoms with Crippen molar-refractivity contribution in [3.8, 4) is 5.69 Å². The van der Waals surface area contributed by atoms with Crippen LogP contribution in [0.25, 0.3) is 5.69 Å². The van der Waals surface area contributed by atoms with E-state index < -0.39 is 0 Å². The molecule has 2 aromatic carbocycles. The van der Waals surface area contributed by atoms with Gasteiger partial charge in [-0.15, -0.1) is 0 Å². The highest BCUT2D eigenvalue weighted by atomic mass is 32.1. The Morgan fingerprint density at radius 1 is 1.00 bits per heavy atom. The molecule has 0 unspecified atom stereocenters. The summed E-state index contributed by atoms with van der Waals surface area (Å²) in [6, 6.07) is 22.8. The molecule has 1 aliphatic heterocycles. The number of methoxy groups -OCH3 is 1. The van der Waals surface area contributed by atoms with Crippen LogP contribution in [0.2, 0.25) is 0 Å². The topological polar surface area (TPSA) is 59.4 Å². The number of esters is 1. The van der Waals surface area contributed by atoms with Gasteiger partial charge in [-0.1, -0.05) is 6.07 Å². The average Bonchev–Trinajstić information content (AvgIpc) is 3.49. The minimum atomic E-state index is -0.387. The van der Waals surface area contributed by atoms with Crippen LogP contribution in [0.1, 0.15) is 33.8 Å². The number of nitrogens with one attached hydrogen (secondary N) is 1. The van der Waals surface area contributed by atoms with Gasteiger partial charge in [-0.05, 0) is 85.0 Å². The first-order valence-electron chi connectivity index (χ1n) is 10.7. The number of hydrogen-bond acceptors (Lipinski definition) is 4. The SMILES string of the molecule is COC(=O)c1ccc(-n2cccc2[C@@H]2[C@@H](c3ccccn3)NC(=S)N2c2ccc(F)cc2)cc1. The van der Waals surface area contributed by atoms with Gasteiger partial charge in [0.25, 0.3) is 0 Å². The fourth-order valence-electron chi connectivity index (χ4n) is 4.28. The minimum Gasteiger partial charge on any atom is -0.465 e. The van der Waals surface area contributed by atoms with Crippen molar-refractivity contribution in [3.05, 3.63) is 114 Å². The van der Waals surface area contributed by atoms with Crippen LogP contribution in [-0.4, -0.2) is 27.7 Å². The quantitative estimate of drug-likeness (QED) is 0.327. The summed E-state index contributed by atoms with van der Waals surface area (Å²) in [5.41, 5.74) is 3.93. The van der Waals surface area contributed by atoms with Crippen molar-refractivity contribution in [2.45, 2.75) is 12.1 Å². The summed E-state index contributed by atoms with van der Waals surface area (Å²) in [5.74, 6) is -0.698. The van der Waals surface area contributed by atoms with Crippen molar-refractivity contribution in [3.63, 3.8) is 0 Å². The van der Waals surface area contributed by atoms with E-state index in [2.05, 4.69) is 10.3 Å². The molecule has 1 saturated heterocycles. The van der Waals surface area contributed by atoms with Gasteiger partial charge in [0.05, 0.1) is 24.4 Å². The number of benzene rings is 2. The fourth-order valence-corrected chi connectivity index (χ4v) is 4.63. The number of aromatic nitrogens is 2. The molecule has 0 radical (unpaired) electrons. The molecular formula is C26H21FN4O2S. The van der Waals surface area contributed by atoms with Crippen LogP contribution in [0.4, 0.5) is 10.1 Å². The molecule has 0 spiro atoms. The second-order valence-electron chi connectivity index (χ2n) is 7.81. The molecule has 6 nitrogen and oxygen atoms in total. The highest BCUT2D eigenvalue weighted by Crippen LogP contribution is 2.42. The zero-order valence-corrected chi connectivity index (χ0v) is 19.1. The van der Waals surface area contributed by atoms with Crippen LogP contribution in [0, 0.1) is 5.82 Å². The number of thiocarbonyl (C=S) groups is 1. The van der Waals surface area contributed by atoms with Gasteiger partial charge >= 0.3 is 5.97 Å². The molecule has 4 aromatic rings. The van der Waals surface area contributed by atoms with Gasteiger partial charge in [-0.25, -0.2) is 9.18 Å². The van der Waals surface area contributed by atoms with E-state index in [1.165, 1.54) is 19.2 Å². The molecule has 8 heteroatoms. The number of pyridine rings is 1. The monoisotopic (exact) mass is 472 g/mol. The van der Waals surface area contributed by atoms with Gasteiger partial charge in [0.15, 0.2) is 5.11 Å². The lowest BCUT2D eigenvalue weighted by Crippen LogP contribution is -2.30. The van der Waals surface area contributed by atoms with Gasteiger partial charge in [0, 0.05) is 29.5 Å². The highest BCUT2D eigenvalue weighted by molar-refractivity contribution is 7.80. The molecule has 170 valence electrons. The summed E-state index contributed by atoms with van der Waals surface area (Å²) in [4.78, 5) is 18.4. The van der Waals surface area contributed by atoms with Gasteiger partial charge in [0.1, 0.15) is 11.9 Å². The van der Waals surface area contributed by atoms with E-state index in [1.54, 1.807) is 30.5 Å².